The highest BCUT2D eigenvalue weighted by Gasteiger charge is 2.19. The van der Waals surface area contributed by atoms with E-state index in [-0.39, 0.29) is 24.5 Å². The number of ether oxygens (including phenoxy) is 2. The Balaban J connectivity index is 2.01. The van der Waals surface area contributed by atoms with Crippen LogP contribution in [0.4, 0.5) is 0 Å². The van der Waals surface area contributed by atoms with Crippen LogP contribution >= 0.6 is 0 Å². The van der Waals surface area contributed by atoms with Crippen LogP contribution < -0.4 is 14.8 Å². The Hall–Kier alpha value is -2.49. The summed E-state index contributed by atoms with van der Waals surface area (Å²) in [5, 5.41) is 3.07. The molecular formula is C21H27NO3. The van der Waals surface area contributed by atoms with Crippen LogP contribution in [-0.2, 0) is 4.79 Å². The average Bonchev–Trinajstić information content (AvgIpc) is 2.60. The molecule has 0 heterocycles. The number of carbonyl (C=O) groups excluding carboxylic acids is 1. The number of methoxy groups -OCH3 is 1. The second kappa shape index (κ2) is 8.56. The summed E-state index contributed by atoms with van der Waals surface area (Å²) in [7, 11) is 1.64. The molecule has 0 radical (unpaired) electrons. The van der Waals surface area contributed by atoms with Gasteiger partial charge in [-0.15, -0.1) is 0 Å². The Bertz CT molecular complexity index is 708. The van der Waals surface area contributed by atoms with Gasteiger partial charge in [0.1, 0.15) is 11.5 Å². The Morgan fingerprint density at radius 3 is 2.36 bits per heavy atom. The van der Waals surface area contributed by atoms with Crippen molar-refractivity contribution in [1.29, 1.82) is 0 Å². The minimum atomic E-state index is -0.129. The van der Waals surface area contributed by atoms with E-state index in [1.807, 2.05) is 56.3 Å². The van der Waals surface area contributed by atoms with Crippen LogP contribution in [0.25, 0.3) is 0 Å². The van der Waals surface area contributed by atoms with Crippen molar-refractivity contribution in [3.63, 3.8) is 0 Å². The van der Waals surface area contributed by atoms with Crippen molar-refractivity contribution in [3.05, 3.63) is 59.2 Å². The average molecular weight is 341 g/mol. The van der Waals surface area contributed by atoms with E-state index >= 15 is 0 Å². The summed E-state index contributed by atoms with van der Waals surface area (Å²) in [4.78, 5) is 12.4. The fourth-order valence-corrected chi connectivity index (χ4v) is 2.67. The van der Waals surface area contributed by atoms with E-state index in [4.69, 9.17) is 9.47 Å². The number of benzene rings is 2. The first-order chi connectivity index (χ1) is 11.9. The number of hydrogen-bond donors (Lipinski definition) is 1. The molecule has 0 aliphatic carbocycles. The summed E-state index contributed by atoms with van der Waals surface area (Å²) in [6, 6.07) is 13.7. The van der Waals surface area contributed by atoms with Crippen LogP contribution in [0.15, 0.2) is 42.5 Å². The van der Waals surface area contributed by atoms with Crippen molar-refractivity contribution < 1.29 is 14.3 Å². The van der Waals surface area contributed by atoms with E-state index in [0.29, 0.717) is 0 Å². The maximum Gasteiger partial charge on any atom is 0.258 e. The number of aryl methyl sites for hydroxylation is 2. The van der Waals surface area contributed by atoms with Gasteiger partial charge in [0.2, 0.25) is 0 Å². The van der Waals surface area contributed by atoms with Gasteiger partial charge in [0.15, 0.2) is 6.61 Å². The highest BCUT2D eigenvalue weighted by atomic mass is 16.5. The molecule has 134 valence electrons. The Morgan fingerprint density at radius 2 is 1.76 bits per heavy atom. The molecule has 1 amide bonds. The molecule has 25 heavy (non-hydrogen) atoms. The molecule has 1 N–H and O–H groups in total. The van der Waals surface area contributed by atoms with Crippen molar-refractivity contribution in [2.24, 2.45) is 5.92 Å². The maximum absolute atomic E-state index is 12.4. The summed E-state index contributed by atoms with van der Waals surface area (Å²) in [5.74, 6) is 1.69. The lowest BCUT2D eigenvalue weighted by Crippen LogP contribution is -2.35. The zero-order valence-corrected chi connectivity index (χ0v) is 15.6. The van der Waals surface area contributed by atoms with Crippen LogP contribution in [0.2, 0.25) is 0 Å². The molecule has 2 rings (SSSR count). The van der Waals surface area contributed by atoms with E-state index < -0.39 is 0 Å². The minimum Gasteiger partial charge on any atom is -0.497 e. The minimum absolute atomic E-state index is 0.00364. The molecular weight excluding hydrogens is 314 g/mol. The lowest BCUT2D eigenvalue weighted by atomic mass is 9.96. The zero-order valence-electron chi connectivity index (χ0n) is 15.6. The van der Waals surface area contributed by atoms with Crippen molar-refractivity contribution >= 4 is 5.91 Å². The molecule has 1 atom stereocenters. The van der Waals surface area contributed by atoms with Crippen molar-refractivity contribution in [2.75, 3.05) is 13.7 Å². The van der Waals surface area contributed by atoms with Gasteiger partial charge in [-0.25, -0.2) is 0 Å². The Kier molecular flexibility index (Phi) is 6.45. The van der Waals surface area contributed by atoms with E-state index in [2.05, 4.69) is 19.2 Å². The summed E-state index contributed by atoms with van der Waals surface area (Å²) in [6.45, 7) is 8.15. The predicted molar refractivity (Wildman–Crippen MR) is 100 cm³/mol. The van der Waals surface area contributed by atoms with Gasteiger partial charge >= 0.3 is 0 Å². The van der Waals surface area contributed by atoms with Gasteiger partial charge in [0, 0.05) is 0 Å². The number of nitrogens with one attached hydrogen (secondary N) is 1. The van der Waals surface area contributed by atoms with Crippen LogP contribution in [-0.4, -0.2) is 19.6 Å². The number of carbonyl (C=O) groups is 1. The third kappa shape index (κ3) is 5.24. The first-order valence-electron chi connectivity index (χ1n) is 8.54. The lowest BCUT2D eigenvalue weighted by molar-refractivity contribution is -0.124. The van der Waals surface area contributed by atoms with Crippen molar-refractivity contribution in [2.45, 2.75) is 33.7 Å². The smallest absolute Gasteiger partial charge is 0.258 e. The van der Waals surface area contributed by atoms with E-state index in [1.165, 1.54) is 0 Å². The summed E-state index contributed by atoms with van der Waals surface area (Å²) in [6.07, 6.45) is 0. The monoisotopic (exact) mass is 341 g/mol. The van der Waals surface area contributed by atoms with Crippen LogP contribution in [0.5, 0.6) is 11.5 Å². The normalized spacial score (nSPS) is 11.9. The molecule has 0 aromatic heterocycles. The van der Waals surface area contributed by atoms with Gasteiger partial charge in [-0.1, -0.05) is 38.1 Å². The van der Waals surface area contributed by atoms with Crippen LogP contribution in [0, 0.1) is 19.8 Å². The van der Waals surface area contributed by atoms with Gasteiger partial charge in [-0.2, -0.15) is 0 Å². The highest BCUT2D eigenvalue weighted by Crippen LogP contribution is 2.24. The molecule has 2 aromatic carbocycles. The fraction of sp³-hybridized carbons (Fsp3) is 0.381. The lowest BCUT2D eigenvalue weighted by Gasteiger charge is -2.23. The van der Waals surface area contributed by atoms with E-state index in [9.17, 15) is 4.79 Å². The molecule has 0 aliphatic rings. The molecule has 0 bridgehead atoms. The molecule has 0 spiro atoms. The predicted octanol–water partition coefficient (Wildman–Crippen LogP) is 4.20. The quantitative estimate of drug-likeness (QED) is 0.821. The van der Waals surface area contributed by atoms with Crippen molar-refractivity contribution in [1.82, 2.24) is 5.32 Å². The van der Waals surface area contributed by atoms with Crippen molar-refractivity contribution in [3.8, 4) is 11.5 Å². The van der Waals surface area contributed by atoms with Gasteiger partial charge in [-0.05, 0) is 54.7 Å². The number of hydrogen-bond acceptors (Lipinski definition) is 3. The molecule has 0 saturated carbocycles. The SMILES string of the molecule is COc1ccc([C@H](NC(=O)COc2cc(C)ccc2C)C(C)C)cc1. The van der Waals surface area contributed by atoms with E-state index in [0.717, 1.165) is 28.2 Å². The topological polar surface area (TPSA) is 47.6 Å². The molecule has 2 aromatic rings. The Labute approximate surface area is 150 Å². The maximum atomic E-state index is 12.4. The van der Waals surface area contributed by atoms with Gasteiger partial charge in [-0.3, -0.25) is 4.79 Å². The van der Waals surface area contributed by atoms with E-state index in [1.54, 1.807) is 7.11 Å². The first-order valence-corrected chi connectivity index (χ1v) is 8.54. The summed E-state index contributed by atoms with van der Waals surface area (Å²) < 4.78 is 10.9. The largest absolute Gasteiger partial charge is 0.497 e. The van der Waals surface area contributed by atoms with Crippen LogP contribution in [0.1, 0.15) is 36.6 Å². The van der Waals surface area contributed by atoms with Crippen LogP contribution in [0.3, 0.4) is 0 Å². The summed E-state index contributed by atoms with van der Waals surface area (Å²) >= 11 is 0. The van der Waals surface area contributed by atoms with Gasteiger partial charge in [0.25, 0.3) is 5.91 Å². The fourth-order valence-electron chi connectivity index (χ4n) is 2.67. The molecule has 4 heteroatoms. The standard InChI is InChI=1S/C21H27NO3/c1-14(2)21(17-8-10-18(24-5)11-9-17)22-20(23)13-25-19-12-15(3)6-7-16(19)4/h6-12,14,21H,13H2,1-5H3,(H,22,23)/t21-/m1/s1. The van der Waals surface area contributed by atoms with Gasteiger partial charge < -0.3 is 14.8 Å². The second-order valence-electron chi connectivity index (χ2n) is 6.62. The molecule has 4 nitrogen and oxygen atoms in total. The van der Waals surface area contributed by atoms with Gasteiger partial charge in [0.05, 0.1) is 13.2 Å². The highest BCUT2D eigenvalue weighted by molar-refractivity contribution is 5.78. The third-order valence-corrected chi connectivity index (χ3v) is 4.16. The first kappa shape index (κ1) is 18.8. The summed E-state index contributed by atoms with van der Waals surface area (Å²) in [5.41, 5.74) is 3.18. The third-order valence-electron chi connectivity index (χ3n) is 4.16. The molecule has 0 saturated heterocycles. The zero-order chi connectivity index (χ0) is 18.4. The molecule has 0 fully saturated rings. The molecule has 0 unspecified atom stereocenters. The number of rotatable bonds is 7. The number of amides is 1. The second-order valence-corrected chi connectivity index (χ2v) is 6.62. The Morgan fingerprint density at radius 1 is 1.08 bits per heavy atom. The molecule has 0 aliphatic heterocycles.